The van der Waals surface area contributed by atoms with Gasteiger partial charge in [0, 0.05) is 16.2 Å². The number of hydrogen-bond acceptors (Lipinski definition) is 22. The lowest BCUT2D eigenvalue weighted by atomic mass is 9.30. The summed E-state index contributed by atoms with van der Waals surface area (Å²) in [5.74, 6) is 0.413. The van der Waals surface area contributed by atoms with Crippen LogP contribution in [-0.2, 0) is 42.6 Å². The standard InChI is InChI=1S/C52H86O22/c1-46(2)13-14-51-22-68-52(29(51)15-46)12-8-28-47(3)10-9-31(48(4,21-55)27(47)7-11-49(28,5)50(52,6)16-30(51)57)72-44-40(74-43-39(65)36(62)33(59)24(17-53)69-43)35(61)26(20-67-44)71-45-41(37(63)34(60)25(18-54)70-45)73-42-38(64)32(58)23(56)19-66-42/h23-45,53-65H,7-22H2,1-6H3/t23-,24-,25-,26+,27-,28-,29-,30-,31+,32+,33-,34-,35+,36+,37+,38-,39-,40-,41-,42+,43+,44+,45+,47+,48+,49-,50+,51-,52+/m1/s1. The Labute approximate surface area is 432 Å². The summed E-state index contributed by atoms with van der Waals surface area (Å²) in [5.41, 5.74) is -2.12. The van der Waals surface area contributed by atoms with Crippen LogP contribution in [0.3, 0.4) is 0 Å². The van der Waals surface area contributed by atoms with Crippen LogP contribution in [0.2, 0.25) is 0 Å². The van der Waals surface area contributed by atoms with Gasteiger partial charge in [-0.3, -0.25) is 0 Å². The van der Waals surface area contributed by atoms with Gasteiger partial charge in [-0.05, 0) is 98.2 Å². The van der Waals surface area contributed by atoms with Gasteiger partial charge in [0.05, 0.1) is 57.5 Å². The Balaban J connectivity index is 0.912. The van der Waals surface area contributed by atoms with Gasteiger partial charge < -0.3 is 109 Å². The van der Waals surface area contributed by atoms with E-state index in [1.165, 1.54) is 0 Å². The third-order valence-electron chi connectivity index (χ3n) is 22.0. The highest BCUT2D eigenvalue weighted by molar-refractivity contribution is 5.28. The fourth-order valence-electron chi connectivity index (χ4n) is 17.4. The SMILES string of the molecule is CC1(C)CC[C@]23CO[C@@]4(CC[C@@H]5[C@@]6(C)CC[C@H](O[C@@H]7OC[C@H](O[C@@H]8O[C@H](CO)[C@@H](O)[C@H](O)[C@H]8O[C@@H]8OC[C@@H](O)[C@H](O)[C@H]8O)[C@H](O)[C@H]7O[C@@H]7O[C@H](CO)[C@@H](O)[C@H](O)[C@H]7O)[C@@](C)(CO)[C@@H]6CC[C@@]5(C)[C@]4(C)C[C@H]2O)[C@@H]3C1. The van der Waals surface area contributed by atoms with Crippen molar-refractivity contribution in [2.75, 3.05) is 39.6 Å². The maximum Gasteiger partial charge on any atom is 0.187 e. The van der Waals surface area contributed by atoms with Crippen LogP contribution in [0.1, 0.15) is 106 Å². The van der Waals surface area contributed by atoms with Gasteiger partial charge >= 0.3 is 0 Å². The Hall–Kier alpha value is -0.880. The van der Waals surface area contributed by atoms with Gasteiger partial charge in [-0.1, -0.05) is 41.5 Å². The number of aliphatic hydroxyl groups excluding tert-OH is 13. The van der Waals surface area contributed by atoms with Crippen molar-refractivity contribution < 1.29 is 109 Å². The molecule has 10 fully saturated rings. The van der Waals surface area contributed by atoms with Gasteiger partial charge in [0.25, 0.3) is 0 Å². The summed E-state index contributed by atoms with van der Waals surface area (Å²) in [6, 6.07) is 0. The molecular weight excluding hydrogens is 977 g/mol. The fourth-order valence-corrected chi connectivity index (χ4v) is 17.4. The summed E-state index contributed by atoms with van der Waals surface area (Å²) in [6.45, 7) is 11.7. The van der Waals surface area contributed by atoms with E-state index in [9.17, 15) is 66.4 Å². The van der Waals surface area contributed by atoms with E-state index in [0.29, 0.717) is 25.9 Å². The maximum atomic E-state index is 12.4. The molecule has 29 atom stereocenters. The Morgan fingerprint density at radius 3 is 1.82 bits per heavy atom. The molecule has 10 rings (SSSR count). The van der Waals surface area contributed by atoms with Crippen LogP contribution >= 0.6 is 0 Å². The molecule has 5 aliphatic carbocycles. The zero-order valence-electron chi connectivity index (χ0n) is 43.6. The molecule has 0 amide bonds. The first-order valence-electron chi connectivity index (χ1n) is 27.2. The lowest BCUT2D eigenvalue weighted by Gasteiger charge is -2.75. The average molecular weight is 1060 g/mol. The van der Waals surface area contributed by atoms with Crippen molar-refractivity contribution in [3.05, 3.63) is 0 Å². The molecule has 1 spiro atoms. The number of ether oxygens (including phenoxy) is 9. The summed E-state index contributed by atoms with van der Waals surface area (Å²) in [7, 11) is 0. The van der Waals surface area contributed by atoms with Gasteiger partial charge in [-0.2, -0.15) is 0 Å². The molecule has 5 saturated heterocycles. The van der Waals surface area contributed by atoms with Crippen LogP contribution in [-0.4, -0.2) is 234 Å². The average Bonchev–Trinajstić information content (AvgIpc) is 3.64. The molecule has 5 heterocycles. The number of hydrogen-bond donors (Lipinski definition) is 13. The van der Waals surface area contributed by atoms with Crippen LogP contribution in [0.4, 0.5) is 0 Å². The van der Waals surface area contributed by atoms with E-state index in [2.05, 4.69) is 34.6 Å². The van der Waals surface area contributed by atoms with Gasteiger partial charge in [-0.25, -0.2) is 0 Å². The predicted octanol–water partition coefficient (Wildman–Crippen LogP) is -2.10. The molecule has 5 aliphatic heterocycles. The van der Waals surface area contributed by atoms with Crippen molar-refractivity contribution in [1.29, 1.82) is 0 Å². The second-order valence-electron chi connectivity index (χ2n) is 26.0. The summed E-state index contributed by atoms with van der Waals surface area (Å²) in [5, 5.41) is 142. The molecule has 5 saturated carbocycles. The largest absolute Gasteiger partial charge is 0.396 e. The van der Waals surface area contributed by atoms with Crippen molar-refractivity contribution in [1.82, 2.24) is 0 Å². The predicted molar refractivity (Wildman–Crippen MR) is 252 cm³/mol. The molecule has 0 aromatic carbocycles. The Morgan fingerprint density at radius 2 is 1.14 bits per heavy atom. The van der Waals surface area contributed by atoms with E-state index < -0.39 is 155 Å². The monoisotopic (exact) mass is 1060 g/mol. The van der Waals surface area contributed by atoms with Crippen LogP contribution in [0.5, 0.6) is 0 Å². The molecule has 0 aromatic rings. The zero-order valence-corrected chi connectivity index (χ0v) is 43.6. The first kappa shape index (κ1) is 56.4. The maximum absolute atomic E-state index is 12.4. The lowest BCUT2D eigenvalue weighted by molar-refractivity contribution is -0.393. The van der Waals surface area contributed by atoms with Gasteiger partial charge in [0.2, 0.25) is 0 Å². The van der Waals surface area contributed by atoms with Gasteiger partial charge in [-0.15, -0.1) is 0 Å². The number of rotatable bonds is 11. The van der Waals surface area contributed by atoms with E-state index >= 15 is 0 Å². The molecule has 0 radical (unpaired) electrons. The zero-order chi connectivity index (χ0) is 53.5. The number of aliphatic hydroxyl groups is 13. The smallest absolute Gasteiger partial charge is 0.187 e. The summed E-state index contributed by atoms with van der Waals surface area (Å²) < 4.78 is 55.8. The molecule has 2 bridgehead atoms. The lowest BCUT2D eigenvalue weighted by Crippen LogP contribution is -2.74. The van der Waals surface area contributed by atoms with Gasteiger partial charge in [0.15, 0.2) is 25.2 Å². The molecule has 10 aliphatic rings. The highest BCUT2D eigenvalue weighted by atomic mass is 16.8. The summed E-state index contributed by atoms with van der Waals surface area (Å²) in [6.07, 6.45) is -23.2. The topological polar surface area (TPSA) is 346 Å². The van der Waals surface area contributed by atoms with Crippen molar-refractivity contribution in [2.24, 2.45) is 50.2 Å². The molecule has 13 N–H and O–H groups in total. The molecule has 0 aromatic heterocycles. The van der Waals surface area contributed by atoms with Crippen LogP contribution in [0.25, 0.3) is 0 Å². The molecule has 74 heavy (non-hydrogen) atoms. The van der Waals surface area contributed by atoms with Crippen LogP contribution in [0.15, 0.2) is 0 Å². The minimum Gasteiger partial charge on any atom is -0.396 e. The van der Waals surface area contributed by atoms with E-state index in [1.807, 2.05) is 6.92 Å². The number of fused-ring (bicyclic) bond motifs is 4. The summed E-state index contributed by atoms with van der Waals surface area (Å²) >= 11 is 0. The van der Waals surface area contributed by atoms with Crippen molar-refractivity contribution >= 4 is 0 Å². The normalized spacial score (nSPS) is 58.2. The third kappa shape index (κ3) is 8.39. The second kappa shape index (κ2) is 20.0. The molecule has 22 nitrogen and oxygen atoms in total. The first-order valence-corrected chi connectivity index (χ1v) is 27.2. The van der Waals surface area contributed by atoms with Crippen molar-refractivity contribution in [2.45, 2.75) is 234 Å². The minimum absolute atomic E-state index is 0.0627. The van der Waals surface area contributed by atoms with E-state index in [1.54, 1.807) is 0 Å². The minimum atomic E-state index is -1.91. The van der Waals surface area contributed by atoms with E-state index in [4.69, 9.17) is 42.6 Å². The van der Waals surface area contributed by atoms with Crippen molar-refractivity contribution in [3.63, 3.8) is 0 Å². The van der Waals surface area contributed by atoms with E-state index in [0.717, 1.165) is 44.9 Å². The molecule has 22 heteroatoms. The Bertz CT molecular complexity index is 1990. The quantitative estimate of drug-likeness (QED) is 0.0986. The fraction of sp³-hybridized carbons (Fsp3) is 1.00. The molecule has 426 valence electrons. The molecular formula is C52H86O22. The Kier molecular flexibility index (Phi) is 15.2. The molecule has 0 unspecified atom stereocenters. The van der Waals surface area contributed by atoms with Crippen molar-refractivity contribution in [3.8, 4) is 0 Å². The van der Waals surface area contributed by atoms with Gasteiger partial charge in [0.1, 0.15) is 85.5 Å². The van der Waals surface area contributed by atoms with E-state index in [-0.39, 0.29) is 57.0 Å². The van der Waals surface area contributed by atoms with Crippen LogP contribution in [0, 0.1) is 50.2 Å². The highest BCUT2D eigenvalue weighted by Crippen LogP contribution is 2.80. The van der Waals surface area contributed by atoms with Crippen LogP contribution < -0.4 is 0 Å². The third-order valence-corrected chi connectivity index (χ3v) is 22.0. The Morgan fingerprint density at radius 1 is 0.514 bits per heavy atom. The first-order chi connectivity index (χ1) is 34.8. The highest BCUT2D eigenvalue weighted by Gasteiger charge is 2.80. The second-order valence-corrected chi connectivity index (χ2v) is 26.0. The summed E-state index contributed by atoms with van der Waals surface area (Å²) in [4.78, 5) is 0.